The maximum Gasteiger partial charge on any atom is 0.137 e. The average molecular weight is 255 g/mol. The van der Waals surface area contributed by atoms with Gasteiger partial charge in [-0.15, -0.1) is 0 Å². The Bertz CT molecular complexity index is 369. The van der Waals surface area contributed by atoms with Gasteiger partial charge in [0.2, 0.25) is 0 Å². The summed E-state index contributed by atoms with van der Waals surface area (Å²) < 4.78 is 7.04. The monoisotopic (exact) mass is 254 g/mol. The Morgan fingerprint density at radius 2 is 2.07 bits per heavy atom. The van der Waals surface area contributed by atoms with Gasteiger partial charge in [-0.2, -0.15) is 0 Å². The van der Waals surface area contributed by atoms with E-state index in [1.54, 1.807) is 0 Å². The number of hydrogen-bond donors (Lipinski definition) is 0. The number of ether oxygens (including phenoxy) is 1. The maximum atomic E-state index is 5.96. The lowest BCUT2D eigenvalue weighted by atomic mass is 9.93. The van der Waals surface area contributed by atoms with Crippen molar-refractivity contribution >= 4 is 15.9 Å². The minimum absolute atomic E-state index is 0.0230. The van der Waals surface area contributed by atoms with Crippen LogP contribution in [0.15, 0.2) is 16.6 Å². The van der Waals surface area contributed by atoms with Crippen molar-refractivity contribution in [3.05, 3.63) is 27.7 Å². The fourth-order valence-corrected chi connectivity index (χ4v) is 2.56. The first-order valence-electron chi connectivity index (χ1n) is 4.96. The zero-order valence-electron chi connectivity index (χ0n) is 8.86. The van der Waals surface area contributed by atoms with Crippen molar-refractivity contribution in [3.8, 4) is 5.75 Å². The molecule has 0 aliphatic carbocycles. The number of hydrogen-bond acceptors (Lipinski definition) is 1. The predicted octanol–water partition coefficient (Wildman–Crippen LogP) is 3.86. The Morgan fingerprint density at radius 3 is 2.79 bits per heavy atom. The molecule has 0 unspecified atom stereocenters. The predicted molar refractivity (Wildman–Crippen MR) is 61.9 cm³/mol. The summed E-state index contributed by atoms with van der Waals surface area (Å²) in [6.45, 7) is 6.40. The summed E-state index contributed by atoms with van der Waals surface area (Å²) in [5.41, 5.74) is 2.60. The molecule has 1 aromatic rings. The fourth-order valence-electron chi connectivity index (χ4n) is 1.86. The van der Waals surface area contributed by atoms with E-state index in [1.165, 1.54) is 11.1 Å². The molecule has 0 aromatic heterocycles. The highest BCUT2D eigenvalue weighted by atomic mass is 79.9. The largest absolute Gasteiger partial charge is 0.486 e. The van der Waals surface area contributed by atoms with E-state index in [0.717, 1.165) is 23.1 Å². The smallest absolute Gasteiger partial charge is 0.137 e. The van der Waals surface area contributed by atoms with Crippen molar-refractivity contribution < 1.29 is 4.74 Å². The van der Waals surface area contributed by atoms with Gasteiger partial charge in [-0.1, -0.05) is 6.07 Å². The van der Waals surface area contributed by atoms with Crippen molar-refractivity contribution in [1.29, 1.82) is 0 Å². The van der Waals surface area contributed by atoms with Crippen LogP contribution in [0.4, 0.5) is 0 Å². The summed E-state index contributed by atoms with van der Waals surface area (Å²) >= 11 is 3.56. The summed E-state index contributed by atoms with van der Waals surface area (Å²) in [5.74, 6) is 1.03. The Morgan fingerprint density at radius 1 is 1.36 bits per heavy atom. The molecule has 0 radical (unpaired) electrons. The van der Waals surface area contributed by atoms with Crippen LogP contribution in [0.25, 0.3) is 0 Å². The molecule has 1 aliphatic rings. The highest BCUT2D eigenvalue weighted by Crippen LogP contribution is 2.39. The van der Waals surface area contributed by atoms with Gasteiger partial charge in [0.25, 0.3) is 0 Å². The van der Waals surface area contributed by atoms with Crippen LogP contribution in [0.2, 0.25) is 0 Å². The molecule has 1 aliphatic heterocycles. The van der Waals surface area contributed by atoms with Crippen molar-refractivity contribution in [2.75, 3.05) is 0 Å². The van der Waals surface area contributed by atoms with Gasteiger partial charge in [0.05, 0.1) is 4.47 Å². The van der Waals surface area contributed by atoms with Crippen molar-refractivity contribution in [2.24, 2.45) is 0 Å². The van der Waals surface area contributed by atoms with E-state index >= 15 is 0 Å². The lowest BCUT2D eigenvalue weighted by Gasteiger charge is -2.33. The molecule has 2 rings (SSSR count). The quantitative estimate of drug-likeness (QED) is 0.684. The molecule has 0 bridgehead atoms. The summed E-state index contributed by atoms with van der Waals surface area (Å²) in [6.07, 6.45) is 2.21. The number of benzene rings is 1. The average Bonchev–Trinajstić information content (AvgIpc) is 2.06. The van der Waals surface area contributed by atoms with Gasteiger partial charge >= 0.3 is 0 Å². The molecule has 2 heteroatoms. The minimum atomic E-state index is -0.0230. The molecule has 1 heterocycles. The SMILES string of the molecule is Cc1cc(Br)c2c(c1)CCC(C)(C)O2. The fraction of sp³-hybridized carbons (Fsp3) is 0.500. The van der Waals surface area contributed by atoms with Crippen LogP contribution in [0.1, 0.15) is 31.4 Å². The Kier molecular flexibility index (Phi) is 2.34. The third-order valence-electron chi connectivity index (χ3n) is 2.64. The van der Waals surface area contributed by atoms with E-state index < -0.39 is 0 Å². The van der Waals surface area contributed by atoms with Gasteiger partial charge in [0, 0.05) is 0 Å². The zero-order chi connectivity index (χ0) is 10.3. The van der Waals surface area contributed by atoms with Gasteiger partial charge in [-0.3, -0.25) is 0 Å². The van der Waals surface area contributed by atoms with Gasteiger partial charge in [0.15, 0.2) is 0 Å². The Hall–Kier alpha value is -0.500. The first-order valence-corrected chi connectivity index (χ1v) is 5.75. The Balaban J connectivity index is 2.47. The summed E-state index contributed by atoms with van der Waals surface area (Å²) in [4.78, 5) is 0. The highest BCUT2D eigenvalue weighted by Gasteiger charge is 2.27. The molecular weight excluding hydrogens is 240 g/mol. The zero-order valence-corrected chi connectivity index (χ0v) is 10.4. The van der Waals surface area contributed by atoms with Crippen LogP contribution in [-0.2, 0) is 6.42 Å². The molecule has 1 nitrogen and oxygen atoms in total. The van der Waals surface area contributed by atoms with Crippen LogP contribution in [0, 0.1) is 6.92 Å². The Labute approximate surface area is 93.6 Å². The second-order valence-electron chi connectivity index (χ2n) is 4.60. The van der Waals surface area contributed by atoms with Gasteiger partial charge in [-0.25, -0.2) is 0 Å². The molecule has 0 spiro atoms. The standard InChI is InChI=1S/C12H15BrO/c1-8-6-9-4-5-12(2,3)14-11(9)10(13)7-8/h6-7H,4-5H2,1-3H3. The summed E-state index contributed by atoms with van der Waals surface area (Å²) in [6, 6.07) is 4.33. The van der Waals surface area contributed by atoms with E-state index in [0.29, 0.717) is 0 Å². The van der Waals surface area contributed by atoms with Crippen LogP contribution in [0.5, 0.6) is 5.75 Å². The molecule has 76 valence electrons. The number of aryl methyl sites for hydroxylation is 2. The van der Waals surface area contributed by atoms with Gasteiger partial charge in [0.1, 0.15) is 11.4 Å². The van der Waals surface area contributed by atoms with Crippen LogP contribution >= 0.6 is 15.9 Å². The molecule has 0 saturated carbocycles. The van der Waals surface area contributed by atoms with Crippen molar-refractivity contribution in [3.63, 3.8) is 0 Å². The van der Waals surface area contributed by atoms with Crippen LogP contribution in [0.3, 0.4) is 0 Å². The third kappa shape index (κ3) is 1.81. The van der Waals surface area contributed by atoms with Crippen LogP contribution < -0.4 is 4.74 Å². The summed E-state index contributed by atoms with van der Waals surface area (Å²) in [7, 11) is 0. The second-order valence-corrected chi connectivity index (χ2v) is 5.45. The molecule has 0 saturated heterocycles. The van der Waals surface area contributed by atoms with Crippen molar-refractivity contribution in [1.82, 2.24) is 0 Å². The number of fused-ring (bicyclic) bond motifs is 1. The molecule has 0 N–H and O–H groups in total. The lowest BCUT2D eigenvalue weighted by Crippen LogP contribution is -2.32. The topological polar surface area (TPSA) is 9.23 Å². The second kappa shape index (κ2) is 3.27. The molecule has 0 amide bonds. The molecule has 0 atom stereocenters. The van der Waals surface area contributed by atoms with E-state index in [-0.39, 0.29) is 5.60 Å². The van der Waals surface area contributed by atoms with Crippen molar-refractivity contribution in [2.45, 2.75) is 39.2 Å². The van der Waals surface area contributed by atoms with E-state index in [2.05, 4.69) is 48.8 Å². The highest BCUT2D eigenvalue weighted by molar-refractivity contribution is 9.10. The van der Waals surface area contributed by atoms with E-state index in [1.807, 2.05) is 0 Å². The minimum Gasteiger partial charge on any atom is -0.486 e. The number of rotatable bonds is 0. The van der Waals surface area contributed by atoms with Gasteiger partial charge < -0.3 is 4.74 Å². The summed E-state index contributed by atoms with van der Waals surface area (Å²) in [5, 5.41) is 0. The third-order valence-corrected chi connectivity index (χ3v) is 3.23. The number of halogens is 1. The molecular formula is C12H15BrO. The first kappa shape index (κ1) is 10.0. The maximum absolute atomic E-state index is 5.96. The van der Waals surface area contributed by atoms with Crippen LogP contribution in [-0.4, -0.2) is 5.60 Å². The normalized spacial score (nSPS) is 18.6. The molecule has 0 fully saturated rings. The molecule has 14 heavy (non-hydrogen) atoms. The van der Waals surface area contributed by atoms with E-state index in [4.69, 9.17) is 4.74 Å². The van der Waals surface area contributed by atoms with Gasteiger partial charge in [-0.05, 0) is 66.7 Å². The lowest BCUT2D eigenvalue weighted by molar-refractivity contribution is 0.0836. The first-order chi connectivity index (χ1) is 6.48. The van der Waals surface area contributed by atoms with E-state index in [9.17, 15) is 0 Å². The molecule has 1 aromatic carbocycles.